The molecule has 13 rings (SSSR count). The van der Waals surface area contributed by atoms with E-state index in [-0.39, 0.29) is 11.6 Å². The number of nitrogen functional groups attached to an aromatic ring is 1. The van der Waals surface area contributed by atoms with E-state index in [9.17, 15) is 26.3 Å². The molecule has 0 bridgehead atoms. The first-order valence-electron chi connectivity index (χ1n) is 23.1. The van der Waals surface area contributed by atoms with E-state index in [1.165, 1.54) is 28.9 Å². The van der Waals surface area contributed by atoms with Gasteiger partial charge in [-0.25, -0.2) is 34.9 Å². The van der Waals surface area contributed by atoms with E-state index in [2.05, 4.69) is 151 Å². The van der Waals surface area contributed by atoms with E-state index in [4.69, 9.17) is 11.0 Å². The molecule has 415 valence electrons. The average Bonchev–Trinajstić information content (AvgIpc) is 4.36. The van der Waals surface area contributed by atoms with Crippen molar-refractivity contribution in [3.05, 3.63) is 172 Å². The number of hydrogen-bond acceptors (Lipinski definition) is 24. The summed E-state index contributed by atoms with van der Waals surface area (Å²) < 4.78 is 84.0. The third kappa shape index (κ3) is 16.3. The summed E-state index contributed by atoms with van der Waals surface area (Å²) >= 11 is 9.05. The molecule has 0 unspecified atom stereocenters. The first-order valence-corrected chi connectivity index (χ1v) is 26.6. The van der Waals surface area contributed by atoms with Gasteiger partial charge in [-0.05, 0) is 58.4 Å². The molecule has 0 amide bonds. The predicted octanol–water partition coefficient (Wildman–Crippen LogP) is 11.3. The minimum absolute atomic E-state index is 0.0375. The van der Waals surface area contributed by atoms with Gasteiger partial charge < -0.3 is 30.0 Å². The predicted molar refractivity (Wildman–Crippen MR) is 297 cm³/mol. The zero-order valence-corrected chi connectivity index (χ0v) is 46.2. The number of nitrogens with zero attached hydrogens (tertiary/aromatic N) is 17. The van der Waals surface area contributed by atoms with E-state index in [0.29, 0.717) is 61.9 Å². The molecule has 2 aliphatic rings. The molecule has 0 spiro atoms. The Hall–Kier alpha value is -9.02. The van der Waals surface area contributed by atoms with Crippen LogP contribution in [0.1, 0.15) is 44.3 Å². The summed E-state index contributed by atoms with van der Waals surface area (Å²) in [6.07, 6.45) is 21.6. The van der Waals surface area contributed by atoms with Crippen LogP contribution in [0, 0.1) is 5.31 Å². The Morgan fingerprint density at radius 3 is 1.78 bits per heavy atom. The Labute approximate surface area is 484 Å². The quantitative estimate of drug-likeness (QED) is 0.0593. The van der Waals surface area contributed by atoms with E-state index in [0.717, 1.165) is 50.0 Å². The van der Waals surface area contributed by atoms with Crippen molar-refractivity contribution in [1.82, 2.24) is 85.1 Å². The second-order valence-corrected chi connectivity index (χ2v) is 19.5. The van der Waals surface area contributed by atoms with Gasteiger partial charge in [-0.1, -0.05) is 38.4 Å². The monoisotopic (exact) mass is 1280 g/mol. The van der Waals surface area contributed by atoms with Gasteiger partial charge >= 0.3 is 37.1 Å². The fourth-order valence-corrected chi connectivity index (χ4v) is 9.22. The number of H-pyrrole nitrogens is 1. The van der Waals surface area contributed by atoms with Crippen molar-refractivity contribution in [2.45, 2.75) is 37.1 Å². The molecule has 11 aromatic heterocycles. The zero-order chi connectivity index (χ0) is 58.1. The molecule has 0 atom stereocenters. The number of rotatable bonds is 9. The Morgan fingerprint density at radius 1 is 0.634 bits per heavy atom. The van der Waals surface area contributed by atoms with Crippen LogP contribution in [0.15, 0.2) is 137 Å². The number of allylic oxidation sites excluding steroid dienone is 2. The average molecular weight is 1290 g/mol. The molecule has 0 saturated heterocycles. The normalized spacial score (nSPS) is 11.7. The molecule has 34 heteroatoms. The maximum atomic E-state index is 12.7. The molecular formula is C48H35BBr2F6N21O2S2. The molecule has 23 nitrogen and oxygen atoms in total. The van der Waals surface area contributed by atoms with Crippen molar-refractivity contribution >= 4 is 115 Å². The fourth-order valence-electron chi connectivity index (χ4n) is 6.69. The van der Waals surface area contributed by atoms with Crippen LogP contribution in [0.2, 0.25) is 0 Å². The SMILES string of the molecule is Brc1cnc2c(n1)C=CC2.C1=Cc2nc(Nc3cnccn3)cnc2C1.FC(F)(F)c1nc(-c2ccc(CBr)s2)no1.FC(F)(F)c1nc(-c2ccc(CN(c3cnccn3)c3cnc4[nH]ccc4n3)s2)no1.Nc1cnccn1.[B]=N. The van der Waals surface area contributed by atoms with Gasteiger partial charge in [-0.2, -0.15) is 36.3 Å². The molecule has 11 heterocycles. The molecule has 0 aliphatic heterocycles. The van der Waals surface area contributed by atoms with Crippen LogP contribution in [0.4, 0.5) is 55.4 Å². The van der Waals surface area contributed by atoms with Crippen LogP contribution in [0.5, 0.6) is 0 Å². The molecule has 5 N–H and O–H groups in total. The Balaban J connectivity index is 0.000000146. The van der Waals surface area contributed by atoms with Crippen molar-refractivity contribution in [2.24, 2.45) is 0 Å². The molecular weight excluding hydrogens is 1250 g/mol. The number of aromatic nitrogens is 17. The number of hydrogen-bond donors (Lipinski definition) is 4. The first kappa shape index (κ1) is 59.1. The molecule has 82 heavy (non-hydrogen) atoms. The number of alkyl halides is 7. The minimum atomic E-state index is -4.69. The number of nitrogens with two attached hydrogens (primary N) is 1. The second-order valence-electron chi connectivity index (χ2n) is 15.8. The van der Waals surface area contributed by atoms with E-state index >= 15 is 0 Å². The molecule has 0 saturated carbocycles. The van der Waals surface area contributed by atoms with Gasteiger partial charge in [0.05, 0.1) is 76.3 Å². The van der Waals surface area contributed by atoms with Crippen molar-refractivity contribution in [2.75, 3.05) is 16.0 Å². The van der Waals surface area contributed by atoms with Gasteiger partial charge in [0.2, 0.25) is 11.6 Å². The summed E-state index contributed by atoms with van der Waals surface area (Å²) in [6, 6.07) is 8.67. The van der Waals surface area contributed by atoms with Gasteiger partial charge in [0.15, 0.2) is 23.1 Å². The van der Waals surface area contributed by atoms with Crippen LogP contribution in [0.25, 0.3) is 44.7 Å². The zero-order valence-electron chi connectivity index (χ0n) is 41.4. The second kappa shape index (κ2) is 27.9. The van der Waals surface area contributed by atoms with E-state index < -0.39 is 24.1 Å². The molecule has 0 fully saturated rings. The number of anilines is 5. The molecule has 2 aliphatic carbocycles. The standard InChI is InChI=1S/C18H11F3N8OS.C11H9N5.C8H4BrF3N2OS.C7H5BrN2.C4H5N3.BHN/c19-18(20,21)17-27-16(28-30-17)12-2-1-10(31-12)9-29(13-7-22-5-6-23-13)14-8-25-15-11(26-14)3-4-24-15;1-2-8-9(3-1)15-11(7-14-8)16-10-6-12-4-5-13-10;9-3-4-1-2-5(16-4)6-13-7(15-14-6)8(10,11)12;8-7-4-9-5-2-1-3-6(5)10-7;5-4-3-6-1-2-7-4;1-2/h1-8H,9H2,(H,24,25);1,3-7H,2H2,(H,13,15,16);1-2H,3H2;1,3-4H,2H2;1-3H,(H2,5,7);2H. The van der Waals surface area contributed by atoms with Crippen molar-refractivity contribution in [3.63, 3.8) is 0 Å². The summed E-state index contributed by atoms with van der Waals surface area (Å²) in [6.45, 7) is 0.331. The third-order valence-electron chi connectivity index (χ3n) is 10.2. The van der Waals surface area contributed by atoms with Crippen LogP contribution in [-0.2, 0) is 37.1 Å². The van der Waals surface area contributed by atoms with Gasteiger partial charge in [0, 0.05) is 71.3 Å². The topological polar surface area (TPSA) is 313 Å². The van der Waals surface area contributed by atoms with Crippen LogP contribution >= 0.6 is 54.5 Å². The van der Waals surface area contributed by atoms with E-state index in [1.807, 2.05) is 12.2 Å². The molecule has 0 aromatic carbocycles. The summed E-state index contributed by atoms with van der Waals surface area (Å²) in [5, 5.41) is 15.7. The number of halogens is 8. The van der Waals surface area contributed by atoms with Crippen molar-refractivity contribution in [3.8, 4) is 21.4 Å². The number of aromatic amines is 1. The fraction of sp³-hybridized carbons (Fsp3) is 0.125. The number of fused-ring (bicyclic) bond motifs is 3. The first-order chi connectivity index (χ1) is 39.6. The Morgan fingerprint density at radius 2 is 1.23 bits per heavy atom. The van der Waals surface area contributed by atoms with Gasteiger partial charge in [0.25, 0.3) is 0 Å². The Bertz CT molecular complexity index is 3870. The summed E-state index contributed by atoms with van der Waals surface area (Å²) in [5.41, 5.74) is 10.5. The molecule has 1 radical (unpaired) electrons. The van der Waals surface area contributed by atoms with Crippen LogP contribution < -0.4 is 16.0 Å². The van der Waals surface area contributed by atoms with Gasteiger partial charge in [0.1, 0.15) is 21.8 Å². The van der Waals surface area contributed by atoms with Gasteiger partial charge in [-0.3, -0.25) is 24.9 Å². The van der Waals surface area contributed by atoms with E-state index in [1.54, 1.807) is 110 Å². The summed E-state index contributed by atoms with van der Waals surface area (Å²) in [5.74, 6) is 0.0340. The summed E-state index contributed by atoms with van der Waals surface area (Å²) in [7, 11) is 3.75. The third-order valence-corrected chi connectivity index (χ3v) is 13.7. The van der Waals surface area contributed by atoms with Crippen LogP contribution in [0.3, 0.4) is 0 Å². The van der Waals surface area contributed by atoms with Crippen LogP contribution in [-0.4, -0.2) is 92.7 Å². The van der Waals surface area contributed by atoms with Gasteiger partial charge in [-0.15, -0.1) is 22.7 Å². The number of thiophene rings is 2. The Kier molecular flexibility index (Phi) is 20.1. The maximum absolute atomic E-state index is 12.7. The number of nitrogens with one attached hydrogen (secondary N) is 3. The van der Waals surface area contributed by atoms with Crippen molar-refractivity contribution in [1.29, 1.82) is 5.31 Å². The summed E-state index contributed by atoms with van der Waals surface area (Å²) in [4.78, 5) is 64.3. The molecule has 11 aromatic rings. The van der Waals surface area contributed by atoms with Crippen molar-refractivity contribution < 1.29 is 35.4 Å².